The highest BCUT2D eigenvalue weighted by Gasteiger charge is 2.12. The van der Waals surface area contributed by atoms with Crippen LogP contribution in [0.15, 0.2) is 35.8 Å². The summed E-state index contributed by atoms with van der Waals surface area (Å²) < 4.78 is 26.2. The molecular formula is C12H12N2O4S2. The molecule has 6 nitrogen and oxygen atoms in total. The van der Waals surface area contributed by atoms with Crippen molar-refractivity contribution in [3.05, 3.63) is 52.0 Å². The van der Waals surface area contributed by atoms with E-state index in [1.807, 2.05) is 0 Å². The van der Waals surface area contributed by atoms with Gasteiger partial charge in [0.15, 0.2) is 0 Å². The van der Waals surface area contributed by atoms with Gasteiger partial charge in [-0.1, -0.05) is 12.1 Å². The average molecular weight is 312 g/mol. The maximum atomic E-state index is 11.9. The van der Waals surface area contributed by atoms with Crippen LogP contribution in [0, 0.1) is 0 Å². The summed E-state index contributed by atoms with van der Waals surface area (Å²) >= 11 is 1.37. The number of thiazole rings is 1. The molecule has 1 aromatic carbocycles. The van der Waals surface area contributed by atoms with Gasteiger partial charge in [0, 0.05) is 11.6 Å². The first-order valence-electron chi connectivity index (χ1n) is 5.64. The Morgan fingerprint density at radius 3 is 2.55 bits per heavy atom. The van der Waals surface area contributed by atoms with Gasteiger partial charge in [0.1, 0.15) is 5.01 Å². The van der Waals surface area contributed by atoms with E-state index in [-0.39, 0.29) is 17.9 Å². The largest absolute Gasteiger partial charge is 0.478 e. The Kier molecular flexibility index (Phi) is 4.48. The zero-order chi connectivity index (χ0) is 14.6. The van der Waals surface area contributed by atoms with E-state index < -0.39 is 16.0 Å². The average Bonchev–Trinajstić information content (AvgIpc) is 2.90. The Labute approximate surface area is 120 Å². The fourth-order valence-corrected chi connectivity index (χ4v) is 3.26. The van der Waals surface area contributed by atoms with E-state index in [1.165, 1.54) is 35.6 Å². The molecule has 0 bridgehead atoms. The Bertz CT molecular complexity index is 679. The van der Waals surface area contributed by atoms with E-state index in [2.05, 4.69) is 9.71 Å². The lowest BCUT2D eigenvalue weighted by molar-refractivity contribution is 0.0697. The van der Waals surface area contributed by atoms with Gasteiger partial charge in [0.2, 0.25) is 10.0 Å². The van der Waals surface area contributed by atoms with Gasteiger partial charge in [-0.25, -0.2) is 22.9 Å². The molecule has 0 aliphatic rings. The van der Waals surface area contributed by atoms with E-state index in [0.717, 1.165) is 0 Å². The van der Waals surface area contributed by atoms with Crippen LogP contribution < -0.4 is 4.72 Å². The Morgan fingerprint density at radius 2 is 2.00 bits per heavy atom. The fourth-order valence-electron chi connectivity index (χ4n) is 1.53. The molecule has 0 radical (unpaired) electrons. The first kappa shape index (κ1) is 14.6. The maximum Gasteiger partial charge on any atom is 0.335 e. The molecule has 20 heavy (non-hydrogen) atoms. The molecule has 1 heterocycles. The van der Waals surface area contributed by atoms with Crippen molar-refractivity contribution in [2.45, 2.75) is 12.3 Å². The molecule has 0 aliphatic heterocycles. The second-order valence-electron chi connectivity index (χ2n) is 4.01. The SMILES string of the molecule is O=C(O)c1ccc(CS(=O)(=O)NCc2nccs2)cc1. The lowest BCUT2D eigenvalue weighted by atomic mass is 10.1. The second-order valence-corrected chi connectivity index (χ2v) is 6.79. The van der Waals surface area contributed by atoms with E-state index in [4.69, 9.17) is 5.11 Å². The number of nitrogens with zero attached hydrogens (tertiary/aromatic N) is 1. The van der Waals surface area contributed by atoms with Crippen LogP contribution in [-0.2, 0) is 22.3 Å². The van der Waals surface area contributed by atoms with Crippen LogP contribution >= 0.6 is 11.3 Å². The van der Waals surface area contributed by atoms with Crippen molar-refractivity contribution >= 4 is 27.3 Å². The monoisotopic (exact) mass is 312 g/mol. The standard InChI is InChI=1S/C12H12N2O4S2/c15-12(16)10-3-1-9(2-4-10)8-20(17,18)14-7-11-13-5-6-19-11/h1-6,14H,7-8H2,(H,15,16). The normalized spacial score (nSPS) is 11.4. The van der Waals surface area contributed by atoms with Crippen molar-refractivity contribution in [3.8, 4) is 0 Å². The molecular weight excluding hydrogens is 300 g/mol. The number of carboxylic acid groups (broad SMARTS) is 1. The van der Waals surface area contributed by atoms with Crippen molar-refractivity contribution in [3.63, 3.8) is 0 Å². The van der Waals surface area contributed by atoms with Gasteiger partial charge >= 0.3 is 5.97 Å². The number of carboxylic acids is 1. The molecule has 0 unspecified atom stereocenters. The topological polar surface area (TPSA) is 96.4 Å². The Morgan fingerprint density at radius 1 is 1.30 bits per heavy atom. The summed E-state index contributed by atoms with van der Waals surface area (Å²) in [6.07, 6.45) is 1.61. The van der Waals surface area contributed by atoms with Crippen LogP contribution in [-0.4, -0.2) is 24.5 Å². The summed E-state index contributed by atoms with van der Waals surface area (Å²) in [6, 6.07) is 5.75. The zero-order valence-electron chi connectivity index (χ0n) is 10.3. The molecule has 0 saturated carbocycles. The summed E-state index contributed by atoms with van der Waals surface area (Å²) in [5, 5.41) is 11.2. The molecule has 0 aliphatic carbocycles. The van der Waals surface area contributed by atoms with Crippen molar-refractivity contribution in [1.82, 2.24) is 9.71 Å². The predicted molar refractivity (Wildman–Crippen MR) is 75.0 cm³/mol. The molecule has 0 fully saturated rings. The van der Waals surface area contributed by atoms with Crippen molar-refractivity contribution in [2.75, 3.05) is 0 Å². The lowest BCUT2D eigenvalue weighted by Crippen LogP contribution is -2.24. The second kappa shape index (κ2) is 6.12. The number of sulfonamides is 1. The van der Waals surface area contributed by atoms with E-state index in [1.54, 1.807) is 11.6 Å². The third-order valence-corrected chi connectivity index (χ3v) is 4.56. The highest BCUT2D eigenvalue weighted by Crippen LogP contribution is 2.09. The number of rotatable bonds is 6. The van der Waals surface area contributed by atoms with Gasteiger partial charge in [-0.15, -0.1) is 11.3 Å². The van der Waals surface area contributed by atoms with E-state index in [0.29, 0.717) is 10.6 Å². The van der Waals surface area contributed by atoms with E-state index >= 15 is 0 Å². The molecule has 106 valence electrons. The summed E-state index contributed by atoms with van der Waals surface area (Å²) in [7, 11) is -3.47. The lowest BCUT2D eigenvalue weighted by Gasteiger charge is -2.05. The molecule has 2 aromatic rings. The van der Waals surface area contributed by atoms with Gasteiger partial charge < -0.3 is 5.11 Å². The number of benzene rings is 1. The van der Waals surface area contributed by atoms with Crippen molar-refractivity contribution in [1.29, 1.82) is 0 Å². The first-order valence-corrected chi connectivity index (χ1v) is 8.17. The van der Waals surface area contributed by atoms with Gasteiger partial charge in [-0.05, 0) is 17.7 Å². The number of carbonyl (C=O) groups is 1. The number of aromatic carboxylic acids is 1. The Balaban J connectivity index is 1.98. The molecule has 0 atom stereocenters. The van der Waals surface area contributed by atoms with Gasteiger partial charge in [0.05, 0.1) is 17.9 Å². The minimum absolute atomic E-state index is 0.127. The van der Waals surface area contributed by atoms with Crippen molar-refractivity contribution < 1.29 is 18.3 Å². The Hall–Kier alpha value is -1.77. The molecule has 2 rings (SSSR count). The van der Waals surface area contributed by atoms with Gasteiger partial charge in [-0.2, -0.15) is 0 Å². The summed E-state index contributed by atoms with van der Waals surface area (Å²) in [5.74, 6) is -1.24. The molecule has 0 spiro atoms. The highest BCUT2D eigenvalue weighted by atomic mass is 32.2. The summed E-state index contributed by atoms with van der Waals surface area (Å²) in [4.78, 5) is 14.7. The molecule has 0 saturated heterocycles. The van der Waals surface area contributed by atoms with Crippen LogP contribution in [0.25, 0.3) is 0 Å². The third kappa shape index (κ3) is 4.12. The molecule has 0 amide bonds. The summed E-state index contributed by atoms with van der Waals surface area (Å²) in [5.41, 5.74) is 0.656. The number of aromatic nitrogens is 1. The summed E-state index contributed by atoms with van der Waals surface area (Å²) in [6.45, 7) is 0.160. The number of hydrogen-bond acceptors (Lipinski definition) is 5. The number of nitrogens with one attached hydrogen (secondary N) is 1. The quantitative estimate of drug-likeness (QED) is 0.842. The molecule has 8 heteroatoms. The van der Waals surface area contributed by atoms with Gasteiger partial charge in [-0.3, -0.25) is 0 Å². The van der Waals surface area contributed by atoms with Crippen LogP contribution in [0.4, 0.5) is 0 Å². The maximum absolute atomic E-state index is 11.9. The van der Waals surface area contributed by atoms with Crippen LogP contribution in [0.5, 0.6) is 0 Å². The fraction of sp³-hybridized carbons (Fsp3) is 0.167. The predicted octanol–water partition coefficient (Wildman–Crippen LogP) is 1.46. The van der Waals surface area contributed by atoms with E-state index in [9.17, 15) is 13.2 Å². The van der Waals surface area contributed by atoms with Crippen LogP contribution in [0.1, 0.15) is 20.9 Å². The van der Waals surface area contributed by atoms with Crippen LogP contribution in [0.3, 0.4) is 0 Å². The zero-order valence-corrected chi connectivity index (χ0v) is 11.9. The minimum atomic E-state index is -3.47. The number of hydrogen-bond donors (Lipinski definition) is 2. The third-order valence-electron chi connectivity index (χ3n) is 2.48. The smallest absolute Gasteiger partial charge is 0.335 e. The van der Waals surface area contributed by atoms with Crippen LogP contribution in [0.2, 0.25) is 0 Å². The minimum Gasteiger partial charge on any atom is -0.478 e. The first-order chi connectivity index (χ1) is 9.46. The highest BCUT2D eigenvalue weighted by molar-refractivity contribution is 7.88. The molecule has 2 N–H and O–H groups in total. The van der Waals surface area contributed by atoms with Gasteiger partial charge in [0.25, 0.3) is 0 Å². The molecule has 1 aromatic heterocycles. The van der Waals surface area contributed by atoms with Crippen molar-refractivity contribution in [2.24, 2.45) is 0 Å².